The highest BCUT2D eigenvalue weighted by Gasteiger charge is 2.36. The number of rotatable bonds is 2. The van der Waals surface area contributed by atoms with Crippen LogP contribution in [0.25, 0.3) is 11.0 Å². The number of aromatic amines is 1. The Morgan fingerprint density at radius 3 is 2.03 bits per heavy atom. The smallest absolute Gasteiger partial charge is 0.425 e. The summed E-state index contributed by atoms with van der Waals surface area (Å²) in [6.45, 7) is 15.7. The zero-order valence-corrected chi connectivity index (χ0v) is 20.3. The van der Waals surface area contributed by atoms with Crippen molar-refractivity contribution in [1.82, 2.24) is 15.2 Å². The molecule has 3 rings (SSSR count). The summed E-state index contributed by atoms with van der Waals surface area (Å²) < 4.78 is 10.6. The van der Waals surface area contributed by atoms with E-state index >= 15 is 0 Å². The number of nitrogens with zero attached hydrogens (tertiary/aromatic N) is 3. The summed E-state index contributed by atoms with van der Waals surface area (Å²) in [4.78, 5) is 30.0. The largest absolute Gasteiger partial charge is 0.513 e. The molecule has 1 fully saturated rings. The molecule has 2 heterocycles. The van der Waals surface area contributed by atoms with Crippen LogP contribution in [0.1, 0.15) is 54.9 Å². The van der Waals surface area contributed by atoms with Gasteiger partial charge in [0.1, 0.15) is 16.4 Å². The number of hydrogen-bond acceptors (Lipinski definition) is 7. The molecule has 0 aromatic carbocycles. The van der Waals surface area contributed by atoms with E-state index in [1.54, 1.807) is 47.6 Å². The Bertz CT molecular complexity index is 978. The number of imide groups is 1. The summed E-state index contributed by atoms with van der Waals surface area (Å²) in [6, 6.07) is 3.14. The van der Waals surface area contributed by atoms with Gasteiger partial charge in [-0.15, -0.1) is 0 Å². The van der Waals surface area contributed by atoms with Crippen LogP contribution in [0.4, 0.5) is 15.4 Å². The lowest BCUT2D eigenvalue weighted by molar-refractivity contribution is 0.0429. The average molecular weight is 467 g/mol. The lowest BCUT2D eigenvalue weighted by Crippen LogP contribution is -2.44. The first kappa shape index (κ1) is 25.5. The monoisotopic (exact) mass is 466 g/mol. The number of carbonyl (C=O) groups excluding carboxylic acids is 2. The molecule has 0 aliphatic heterocycles. The highest BCUT2D eigenvalue weighted by Crippen LogP contribution is 2.41. The summed E-state index contributed by atoms with van der Waals surface area (Å²) in [5.74, 6) is 1.52. The van der Waals surface area contributed by atoms with Crippen LogP contribution >= 0.6 is 11.6 Å². The van der Waals surface area contributed by atoms with E-state index in [4.69, 9.17) is 26.2 Å². The molecule has 2 unspecified atom stereocenters. The van der Waals surface area contributed by atoms with Gasteiger partial charge in [-0.05, 0) is 66.0 Å². The number of aliphatic hydroxyl groups excluding tert-OH is 1. The minimum Gasteiger partial charge on any atom is -0.513 e. The van der Waals surface area contributed by atoms with Crippen LogP contribution in [-0.2, 0) is 9.47 Å². The predicted molar refractivity (Wildman–Crippen MR) is 123 cm³/mol. The molecule has 0 saturated heterocycles. The fourth-order valence-corrected chi connectivity index (χ4v) is 2.83. The second-order valence-corrected chi connectivity index (χ2v) is 10.1. The van der Waals surface area contributed by atoms with Crippen molar-refractivity contribution in [2.45, 2.75) is 66.1 Å². The summed E-state index contributed by atoms with van der Waals surface area (Å²) >= 11 is 5.85. The van der Waals surface area contributed by atoms with E-state index < -0.39 is 23.4 Å². The molecule has 32 heavy (non-hydrogen) atoms. The Morgan fingerprint density at radius 1 is 1.16 bits per heavy atom. The topological polar surface area (TPSA) is 118 Å². The van der Waals surface area contributed by atoms with Crippen LogP contribution in [0.2, 0.25) is 5.15 Å². The maximum absolute atomic E-state index is 12.6. The van der Waals surface area contributed by atoms with Gasteiger partial charge in [-0.1, -0.05) is 25.1 Å². The molecule has 1 aliphatic rings. The lowest BCUT2D eigenvalue weighted by atomic mass is 10.2. The Kier molecular flexibility index (Phi) is 7.44. The van der Waals surface area contributed by atoms with Crippen molar-refractivity contribution in [2.75, 3.05) is 4.90 Å². The van der Waals surface area contributed by atoms with E-state index in [0.29, 0.717) is 28.6 Å². The number of hydrogen-bond donors (Lipinski definition) is 2. The fraction of sp³-hybridized carbons (Fsp3) is 0.545. The predicted octanol–water partition coefficient (Wildman–Crippen LogP) is 6.00. The molecule has 176 valence electrons. The number of H-pyrrole nitrogens is 1. The average Bonchev–Trinajstić information content (AvgIpc) is 3.20. The van der Waals surface area contributed by atoms with Crippen molar-refractivity contribution in [3.63, 3.8) is 0 Å². The molecule has 10 heteroatoms. The van der Waals surface area contributed by atoms with Crippen molar-refractivity contribution in [3.05, 3.63) is 29.6 Å². The number of anilines is 1. The quantitative estimate of drug-likeness (QED) is 0.411. The Labute approximate surface area is 192 Å². The van der Waals surface area contributed by atoms with Crippen molar-refractivity contribution >= 4 is 40.6 Å². The zero-order chi connectivity index (χ0) is 24.4. The van der Waals surface area contributed by atoms with Crippen LogP contribution in [0.15, 0.2) is 24.5 Å². The third-order valence-electron chi connectivity index (χ3n) is 4.27. The van der Waals surface area contributed by atoms with Gasteiger partial charge in [-0.25, -0.2) is 14.6 Å². The molecule has 1 saturated carbocycles. The number of aliphatic hydroxyl groups is 1. The van der Waals surface area contributed by atoms with E-state index in [-0.39, 0.29) is 11.0 Å². The summed E-state index contributed by atoms with van der Waals surface area (Å²) in [6.07, 6.45) is -0.662. The Hall–Kier alpha value is -2.81. The van der Waals surface area contributed by atoms with Crippen LogP contribution in [0, 0.1) is 11.8 Å². The third kappa shape index (κ3) is 7.12. The second-order valence-electron chi connectivity index (χ2n) is 9.68. The highest BCUT2D eigenvalue weighted by molar-refractivity contribution is 6.29. The van der Waals surface area contributed by atoms with Gasteiger partial charge in [0.2, 0.25) is 0 Å². The first-order valence-electron chi connectivity index (χ1n) is 10.2. The normalized spacial score (nSPS) is 17.8. The standard InChI is InChI=1S/C16H21ClN4O4.C6H10O/c1-15(2,3)24-13(22)21(14(23)25-16(4,5)6)12-9-7-8-10(17)18-11(9)19-20-12;1-4-3-6(4)5(2)7/h7-8H,1-6H3,(H,18,19,20);4,6-7H,2-3H2,1H3. The van der Waals surface area contributed by atoms with Crippen LogP contribution < -0.4 is 4.90 Å². The van der Waals surface area contributed by atoms with E-state index in [0.717, 1.165) is 11.3 Å². The summed E-state index contributed by atoms with van der Waals surface area (Å²) in [5, 5.41) is 16.0. The SMILES string of the molecule is C=C(O)C1CC1C.CC(C)(C)OC(=O)N(C(=O)OC(C)(C)C)c1n[nH]c2nc(Cl)ccc12. The first-order valence-corrected chi connectivity index (χ1v) is 10.6. The van der Waals surface area contributed by atoms with Gasteiger partial charge in [0.15, 0.2) is 11.5 Å². The number of nitrogens with one attached hydrogen (secondary N) is 1. The third-order valence-corrected chi connectivity index (χ3v) is 4.48. The molecule has 2 aromatic rings. The molecule has 1 aliphatic carbocycles. The molecule has 2 aromatic heterocycles. The maximum atomic E-state index is 12.6. The first-order chi connectivity index (χ1) is 14.6. The zero-order valence-electron chi connectivity index (χ0n) is 19.5. The van der Waals surface area contributed by atoms with Crippen LogP contribution in [0.5, 0.6) is 0 Å². The van der Waals surface area contributed by atoms with Gasteiger partial charge in [-0.2, -0.15) is 10.00 Å². The number of halogens is 1. The number of allylic oxidation sites excluding steroid dienone is 1. The van der Waals surface area contributed by atoms with E-state index in [1.165, 1.54) is 6.07 Å². The van der Waals surface area contributed by atoms with Gasteiger partial charge in [-0.3, -0.25) is 5.10 Å². The minimum atomic E-state index is -0.898. The van der Waals surface area contributed by atoms with E-state index in [2.05, 4.69) is 28.7 Å². The maximum Gasteiger partial charge on any atom is 0.425 e. The molecule has 0 bridgehead atoms. The summed E-state index contributed by atoms with van der Waals surface area (Å²) in [5.41, 5.74) is -1.27. The van der Waals surface area contributed by atoms with Gasteiger partial charge in [0.05, 0.1) is 11.1 Å². The minimum absolute atomic E-state index is 0.0302. The van der Waals surface area contributed by atoms with Gasteiger partial charge >= 0.3 is 12.2 Å². The number of fused-ring (bicyclic) bond motifs is 1. The molecule has 0 radical (unpaired) electrons. The summed E-state index contributed by atoms with van der Waals surface area (Å²) in [7, 11) is 0. The van der Waals surface area contributed by atoms with Gasteiger partial charge < -0.3 is 14.6 Å². The highest BCUT2D eigenvalue weighted by atomic mass is 35.5. The molecule has 2 amide bonds. The van der Waals surface area contributed by atoms with E-state index in [1.807, 2.05) is 0 Å². The van der Waals surface area contributed by atoms with Crippen LogP contribution in [-0.4, -0.2) is 43.7 Å². The molecular formula is C22H31ClN4O5. The van der Waals surface area contributed by atoms with Gasteiger partial charge in [0, 0.05) is 5.92 Å². The molecule has 2 atom stereocenters. The molecular weight excluding hydrogens is 436 g/mol. The second kappa shape index (κ2) is 9.36. The molecule has 0 spiro atoms. The van der Waals surface area contributed by atoms with E-state index in [9.17, 15) is 9.59 Å². The van der Waals surface area contributed by atoms with Crippen LogP contribution in [0.3, 0.4) is 0 Å². The number of ether oxygens (including phenoxy) is 2. The number of pyridine rings is 1. The van der Waals surface area contributed by atoms with Crippen molar-refractivity contribution in [3.8, 4) is 0 Å². The fourth-order valence-electron chi connectivity index (χ4n) is 2.69. The van der Waals surface area contributed by atoms with Crippen molar-refractivity contribution in [1.29, 1.82) is 0 Å². The number of aromatic nitrogens is 3. The number of carbonyl (C=O) groups is 2. The molecule has 2 N–H and O–H groups in total. The van der Waals surface area contributed by atoms with Crippen molar-refractivity contribution < 1.29 is 24.2 Å². The lowest BCUT2D eigenvalue weighted by Gasteiger charge is -2.27. The molecule has 9 nitrogen and oxygen atoms in total. The van der Waals surface area contributed by atoms with Gasteiger partial charge in [0.25, 0.3) is 0 Å². The van der Waals surface area contributed by atoms with Crippen molar-refractivity contribution in [2.24, 2.45) is 11.8 Å². The Morgan fingerprint density at radius 2 is 1.66 bits per heavy atom. The number of amides is 2. The Balaban J connectivity index is 0.000000439.